The zero-order chi connectivity index (χ0) is 12.7. The van der Waals surface area contributed by atoms with Crippen LogP contribution in [0.25, 0.3) is 0 Å². The molecule has 17 heavy (non-hydrogen) atoms. The van der Waals surface area contributed by atoms with Gasteiger partial charge in [-0.25, -0.2) is 0 Å². The molecule has 1 unspecified atom stereocenters. The van der Waals surface area contributed by atoms with E-state index in [1.807, 2.05) is 19.2 Å². The maximum absolute atomic E-state index is 11.7. The van der Waals surface area contributed by atoms with E-state index in [9.17, 15) is 4.79 Å². The van der Waals surface area contributed by atoms with Crippen LogP contribution in [0.3, 0.4) is 0 Å². The highest BCUT2D eigenvalue weighted by Gasteiger charge is 2.11. The fourth-order valence-corrected chi connectivity index (χ4v) is 1.51. The lowest BCUT2D eigenvalue weighted by atomic mass is 10.2. The molecular formula is C13H21N3O. The van der Waals surface area contributed by atoms with E-state index in [0.717, 1.165) is 12.1 Å². The summed E-state index contributed by atoms with van der Waals surface area (Å²) in [4.78, 5) is 17.9. The molecule has 0 aliphatic heterocycles. The van der Waals surface area contributed by atoms with Crippen molar-refractivity contribution in [2.75, 3.05) is 13.6 Å². The van der Waals surface area contributed by atoms with Crippen molar-refractivity contribution in [3.05, 3.63) is 30.1 Å². The van der Waals surface area contributed by atoms with Gasteiger partial charge >= 0.3 is 0 Å². The molecule has 0 saturated carbocycles. The number of carbonyl (C=O) groups is 1. The quantitative estimate of drug-likeness (QED) is 0.811. The number of hydrogen-bond acceptors (Lipinski definition) is 3. The maximum atomic E-state index is 11.7. The molecule has 0 fully saturated rings. The molecule has 1 heterocycles. The Labute approximate surface area is 103 Å². The van der Waals surface area contributed by atoms with Crippen molar-refractivity contribution in [3.8, 4) is 0 Å². The summed E-state index contributed by atoms with van der Waals surface area (Å²) >= 11 is 0. The van der Waals surface area contributed by atoms with Crippen LogP contribution in [0.15, 0.2) is 24.5 Å². The average Bonchev–Trinajstić information content (AvgIpc) is 2.36. The molecule has 0 aliphatic rings. The lowest BCUT2D eigenvalue weighted by Crippen LogP contribution is -2.34. The van der Waals surface area contributed by atoms with Gasteiger partial charge in [-0.2, -0.15) is 0 Å². The highest BCUT2D eigenvalue weighted by atomic mass is 16.1. The van der Waals surface area contributed by atoms with Crippen LogP contribution in [0.1, 0.15) is 25.8 Å². The SMILES string of the molecule is CCN(C)C(C)CC(=O)NCc1cccnc1. The molecule has 4 heteroatoms. The normalized spacial score (nSPS) is 12.5. The third kappa shape index (κ3) is 4.95. The van der Waals surface area contributed by atoms with E-state index in [1.54, 1.807) is 12.4 Å². The molecule has 0 aliphatic carbocycles. The predicted molar refractivity (Wildman–Crippen MR) is 68.5 cm³/mol. The van der Waals surface area contributed by atoms with E-state index in [4.69, 9.17) is 0 Å². The molecule has 4 nitrogen and oxygen atoms in total. The number of carbonyl (C=O) groups excluding carboxylic acids is 1. The van der Waals surface area contributed by atoms with Gasteiger partial charge in [0.15, 0.2) is 0 Å². The van der Waals surface area contributed by atoms with Crippen LogP contribution in [0.4, 0.5) is 0 Å². The second kappa shape index (κ2) is 7.01. The highest BCUT2D eigenvalue weighted by Crippen LogP contribution is 2.01. The summed E-state index contributed by atoms with van der Waals surface area (Å²) in [5.74, 6) is 0.0849. The van der Waals surface area contributed by atoms with Crippen molar-refractivity contribution in [3.63, 3.8) is 0 Å². The summed E-state index contributed by atoms with van der Waals surface area (Å²) in [6.07, 6.45) is 4.02. The third-order valence-corrected chi connectivity index (χ3v) is 2.94. The van der Waals surface area contributed by atoms with Gasteiger partial charge in [-0.1, -0.05) is 13.0 Å². The molecule has 0 bridgehead atoms. The predicted octanol–water partition coefficient (Wildman–Crippen LogP) is 1.43. The summed E-state index contributed by atoms with van der Waals surface area (Å²) in [5, 5.41) is 2.90. The first kappa shape index (κ1) is 13.6. The van der Waals surface area contributed by atoms with Gasteiger partial charge in [-0.15, -0.1) is 0 Å². The molecule has 0 aromatic carbocycles. The molecule has 1 atom stereocenters. The van der Waals surface area contributed by atoms with E-state index in [1.165, 1.54) is 0 Å². The number of hydrogen-bond donors (Lipinski definition) is 1. The van der Waals surface area contributed by atoms with Gasteiger partial charge < -0.3 is 10.2 Å². The van der Waals surface area contributed by atoms with Gasteiger partial charge in [-0.05, 0) is 32.1 Å². The lowest BCUT2D eigenvalue weighted by molar-refractivity contribution is -0.122. The van der Waals surface area contributed by atoms with E-state index in [0.29, 0.717) is 13.0 Å². The summed E-state index contributed by atoms with van der Waals surface area (Å²) in [5.41, 5.74) is 1.03. The lowest BCUT2D eigenvalue weighted by Gasteiger charge is -2.22. The summed E-state index contributed by atoms with van der Waals surface area (Å²) in [7, 11) is 2.03. The first-order valence-corrected chi connectivity index (χ1v) is 5.99. The molecule has 0 radical (unpaired) electrons. The zero-order valence-electron chi connectivity index (χ0n) is 10.8. The second-order valence-corrected chi connectivity index (χ2v) is 4.26. The fourth-order valence-electron chi connectivity index (χ4n) is 1.51. The zero-order valence-corrected chi connectivity index (χ0v) is 10.8. The number of nitrogens with zero attached hydrogens (tertiary/aromatic N) is 2. The van der Waals surface area contributed by atoms with Crippen molar-refractivity contribution in [1.82, 2.24) is 15.2 Å². The van der Waals surface area contributed by atoms with Crippen LogP contribution in [0.2, 0.25) is 0 Å². The van der Waals surface area contributed by atoms with Crippen LogP contribution in [0, 0.1) is 0 Å². The average molecular weight is 235 g/mol. The van der Waals surface area contributed by atoms with Gasteiger partial charge in [0, 0.05) is 31.4 Å². The topological polar surface area (TPSA) is 45.2 Å². The number of amides is 1. The number of nitrogens with one attached hydrogen (secondary N) is 1. The number of aromatic nitrogens is 1. The fraction of sp³-hybridized carbons (Fsp3) is 0.538. The van der Waals surface area contributed by atoms with E-state index < -0.39 is 0 Å². The standard InChI is InChI=1S/C13H21N3O/c1-4-16(3)11(2)8-13(17)15-10-12-6-5-7-14-9-12/h5-7,9,11H,4,8,10H2,1-3H3,(H,15,17). The molecular weight excluding hydrogens is 214 g/mol. The summed E-state index contributed by atoms with van der Waals surface area (Å²) in [6, 6.07) is 4.10. The van der Waals surface area contributed by atoms with Crippen LogP contribution < -0.4 is 5.32 Å². The molecule has 1 N–H and O–H groups in total. The minimum Gasteiger partial charge on any atom is -0.352 e. The Kier molecular flexibility index (Phi) is 5.63. The Hall–Kier alpha value is -1.42. The molecule has 0 saturated heterocycles. The minimum atomic E-state index is 0.0849. The Morgan fingerprint density at radius 1 is 1.59 bits per heavy atom. The molecule has 1 aromatic rings. The van der Waals surface area contributed by atoms with Crippen molar-refractivity contribution >= 4 is 5.91 Å². The summed E-state index contributed by atoms with van der Waals surface area (Å²) < 4.78 is 0. The van der Waals surface area contributed by atoms with Crippen molar-refractivity contribution in [2.24, 2.45) is 0 Å². The Morgan fingerprint density at radius 2 is 2.35 bits per heavy atom. The smallest absolute Gasteiger partial charge is 0.221 e. The van der Waals surface area contributed by atoms with Crippen LogP contribution >= 0.6 is 0 Å². The Balaban J connectivity index is 2.31. The monoisotopic (exact) mass is 235 g/mol. The van der Waals surface area contributed by atoms with Gasteiger partial charge in [0.2, 0.25) is 5.91 Å². The number of pyridine rings is 1. The molecule has 0 spiro atoms. The van der Waals surface area contributed by atoms with Gasteiger partial charge in [0.05, 0.1) is 0 Å². The maximum Gasteiger partial charge on any atom is 0.221 e. The summed E-state index contributed by atoms with van der Waals surface area (Å²) in [6.45, 7) is 5.66. The van der Waals surface area contributed by atoms with Crippen LogP contribution in [-0.4, -0.2) is 35.4 Å². The first-order valence-electron chi connectivity index (χ1n) is 5.99. The molecule has 1 rings (SSSR count). The van der Waals surface area contributed by atoms with E-state index in [-0.39, 0.29) is 11.9 Å². The molecule has 94 valence electrons. The second-order valence-electron chi connectivity index (χ2n) is 4.26. The number of rotatable bonds is 6. The van der Waals surface area contributed by atoms with Gasteiger partial charge in [0.1, 0.15) is 0 Å². The Bertz CT molecular complexity index is 340. The van der Waals surface area contributed by atoms with Crippen LogP contribution in [0.5, 0.6) is 0 Å². The van der Waals surface area contributed by atoms with Gasteiger partial charge in [0.25, 0.3) is 0 Å². The third-order valence-electron chi connectivity index (χ3n) is 2.94. The first-order chi connectivity index (χ1) is 8.13. The Morgan fingerprint density at radius 3 is 2.94 bits per heavy atom. The van der Waals surface area contributed by atoms with E-state index >= 15 is 0 Å². The minimum absolute atomic E-state index is 0.0849. The van der Waals surface area contributed by atoms with Crippen LogP contribution in [-0.2, 0) is 11.3 Å². The molecule has 1 amide bonds. The van der Waals surface area contributed by atoms with E-state index in [2.05, 4.69) is 29.0 Å². The highest BCUT2D eigenvalue weighted by molar-refractivity contribution is 5.76. The van der Waals surface area contributed by atoms with Crippen molar-refractivity contribution in [2.45, 2.75) is 32.9 Å². The van der Waals surface area contributed by atoms with Crippen molar-refractivity contribution in [1.29, 1.82) is 0 Å². The molecule has 1 aromatic heterocycles. The van der Waals surface area contributed by atoms with Gasteiger partial charge in [-0.3, -0.25) is 9.78 Å². The largest absolute Gasteiger partial charge is 0.352 e. The van der Waals surface area contributed by atoms with Crippen molar-refractivity contribution < 1.29 is 4.79 Å².